The van der Waals surface area contributed by atoms with Crippen molar-refractivity contribution < 1.29 is 4.79 Å². The van der Waals surface area contributed by atoms with Gasteiger partial charge in [0, 0.05) is 24.0 Å². The van der Waals surface area contributed by atoms with Gasteiger partial charge < -0.3 is 10.6 Å². The molecule has 1 saturated heterocycles. The molecule has 140 valence electrons. The van der Waals surface area contributed by atoms with E-state index in [-0.39, 0.29) is 23.6 Å². The largest absolute Gasteiger partial charge is 0.346 e. The molecule has 2 aromatic rings. The molecule has 0 spiro atoms. The smallest absolute Gasteiger partial charge is 0.274 e. The molecule has 0 saturated carbocycles. The molecular weight excluding hydrogens is 328 g/mol. The highest BCUT2D eigenvalue weighted by Crippen LogP contribution is 2.15. The summed E-state index contributed by atoms with van der Waals surface area (Å²) in [6, 6.07) is 7.56. The first-order valence-electron chi connectivity index (χ1n) is 9.66. The van der Waals surface area contributed by atoms with E-state index in [2.05, 4.69) is 29.6 Å². The van der Waals surface area contributed by atoms with E-state index in [0.29, 0.717) is 23.0 Å². The molecule has 6 nitrogen and oxygen atoms in total. The summed E-state index contributed by atoms with van der Waals surface area (Å²) < 4.78 is 1.45. The Morgan fingerprint density at radius 3 is 2.81 bits per heavy atom. The highest BCUT2D eigenvalue weighted by atomic mass is 16.2. The van der Waals surface area contributed by atoms with E-state index in [4.69, 9.17) is 0 Å². The third kappa shape index (κ3) is 3.96. The van der Waals surface area contributed by atoms with Gasteiger partial charge in [0.2, 0.25) is 0 Å². The Balaban J connectivity index is 1.93. The zero-order valence-electron chi connectivity index (χ0n) is 15.6. The van der Waals surface area contributed by atoms with Gasteiger partial charge in [-0.15, -0.1) is 0 Å². The molecule has 2 unspecified atom stereocenters. The van der Waals surface area contributed by atoms with E-state index in [1.165, 1.54) is 4.68 Å². The zero-order chi connectivity index (χ0) is 18.5. The number of amides is 1. The Morgan fingerprint density at radius 1 is 1.31 bits per heavy atom. The fraction of sp³-hybridized carbons (Fsp3) is 0.550. The molecule has 2 N–H and O–H groups in total. The number of fused-ring (bicyclic) bond motifs is 1. The number of carbonyl (C=O) groups is 1. The summed E-state index contributed by atoms with van der Waals surface area (Å²) in [5.74, 6) is -0.203. The maximum atomic E-state index is 12.9. The van der Waals surface area contributed by atoms with Crippen LogP contribution >= 0.6 is 0 Å². The van der Waals surface area contributed by atoms with Crippen LogP contribution in [-0.4, -0.2) is 34.3 Å². The number of aryl methyl sites for hydroxylation is 1. The predicted molar refractivity (Wildman–Crippen MR) is 103 cm³/mol. The van der Waals surface area contributed by atoms with E-state index >= 15 is 0 Å². The number of benzene rings is 1. The van der Waals surface area contributed by atoms with E-state index in [1.807, 2.05) is 12.1 Å². The number of piperidine rings is 1. The van der Waals surface area contributed by atoms with E-state index in [9.17, 15) is 9.59 Å². The molecule has 3 rings (SSSR count). The average Bonchev–Trinajstić information content (AvgIpc) is 2.65. The third-order valence-electron chi connectivity index (χ3n) is 5.13. The second kappa shape index (κ2) is 8.45. The quantitative estimate of drug-likeness (QED) is 0.780. The minimum atomic E-state index is -0.203. The van der Waals surface area contributed by atoms with Gasteiger partial charge in [-0.25, -0.2) is 4.68 Å². The molecule has 1 fully saturated rings. The Kier molecular flexibility index (Phi) is 6.04. The average molecular weight is 356 g/mol. The SMILES string of the molecule is CCCCCn1nc(C(=O)NC2CCCNC2C)c2ccccc2c1=O. The van der Waals surface area contributed by atoms with Gasteiger partial charge in [0.25, 0.3) is 11.5 Å². The fourth-order valence-corrected chi connectivity index (χ4v) is 3.54. The summed E-state index contributed by atoms with van der Waals surface area (Å²) in [6.45, 7) is 5.73. The summed E-state index contributed by atoms with van der Waals surface area (Å²) in [5, 5.41) is 12.1. The lowest BCUT2D eigenvalue weighted by molar-refractivity contribution is 0.0914. The minimum absolute atomic E-state index is 0.0808. The molecule has 6 heteroatoms. The van der Waals surface area contributed by atoms with Crippen molar-refractivity contribution in [3.8, 4) is 0 Å². The molecule has 1 aliphatic heterocycles. The Morgan fingerprint density at radius 2 is 2.08 bits per heavy atom. The predicted octanol–water partition coefficient (Wildman–Crippen LogP) is 2.46. The lowest BCUT2D eigenvalue weighted by atomic mass is 9.99. The van der Waals surface area contributed by atoms with Crippen LogP contribution in [-0.2, 0) is 6.54 Å². The summed E-state index contributed by atoms with van der Waals surface area (Å²) >= 11 is 0. The van der Waals surface area contributed by atoms with Crippen LogP contribution in [0, 0.1) is 0 Å². The summed E-state index contributed by atoms with van der Waals surface area (Å²) in [4.78, 5) is 25.6. The standard InChI is InChI=1S/C20H28N4O2/c1-3-4-7-13-24-20(26)16-10-6-5-9-15(16)18(23-24)19(25)22-17-11-8-12-21-14(17)2/h5-6,9-10,14,17,21H,3-4,7-8,11-13H2,1-2H3,(H,22,25). The second-order valence-electron chi connectivity index (χ2n) is 7.09. The molecule has 1 aliphatic rings. The van der Waals surface area contributed by atoms with Crippen molar-refractivity contribution in [2.45, 2.75) is 64.6 Å². The maximum absolute atomic E-state index is 12.9. The number of hydrogen-bond donors (Lipinski definition) is 2. The van der Waals surface area contributed by atoms with Gasteiger partial charge in [-0.3, -0.25) is 9.59 Å². The number of unbranched alkanes of at least 4 members (excludes halogenated alkanes) is 2. The molecule has 1 aromatic heterocycles. The van der Waals surface area contributed by atoms with Gasteiger partial charge >= 0.3 is 0 Å². The number of nitrogens with one attached hydrogen (secondary N) is 2. The highest BCUT2D eigenvalue weighted by Gasteiger charge is 2.25. The van der Waals surface area contributed by atoms with Crippen LogP contribution in [0.4, 0.5) is 0 Å². The normalized spacial score (nSPS) is 20.2. The number of hydrogen-bond acceptors (Lipinski definition) is 4. The van der Waals surface area contributed by atoms with Crippen molar-refractivity contribution in [1.82, 2.24) is 20.4 Å². The van der Waals surface area contributed by atoms with Crippen molar-refractivity contribution in [1.29, 1.82) is 0 Å². The van der Waals surface area contributed by atoms with Crippen LogP contribution in [0.3, 0.4) is 0 Å². The van der Waals surface area contributed by atoms with Crippen LogP contribution < -0.4 is 16.2 Å². The molecule has 1 aromatic carbocycles. The Hall–Kier alpha value is -2.21. The van der Waals surface area contributed by atoms with Crippen molar-refractivity contribution in [2.24, 2.45) is 0 Å². The lowest BCUT2D eigenvalue weighted by Crippen LogP contribution is -2.52. The van der Waals surface area contributed by atoms with E-state index < -0.39 is 0 Å². The monoisotopic (exact) mass is 356 g/mol. The van der Waals surface area contributed by atoms with Crippen LogP contribution in [0.2, 0.25) is 0 Å². The van der Waals surface area contributed by atoms with Crippen LogP contribution in [0.5, 0.6) is 0 Å². The van der Waals surface area contributed by atoms with Gasteiger partial charge in [-0.1, -0.05) is 38.0 Å². The number of rotatable bonds is 6. The third-order valence-corrected chi connectivity index (χ3v) is 5.13. The van der Waals surface area contributed by atoms with Gasteiger partial charge in [-0.05, 0) is 38.8 Å². The van der Waals surface area contributed by atoms with Crippen LogP contribution in [0.15, 0.2) is 29.1 Å². The first-order chi connectivity index (χ1) is 12.6. The zero-order valence-corrected chi connectivity index (χ0v) is 15.6. The van der Waals surface area contributed by atoms with Gasteiger partial charge in [-0.2, -0.15) is 5.10 Å². The van der Waals surface area contributed by atoms with Crippen molar-refractivity contribution in [2.75, 3.05) is 6.54 Å². The summed E-state index contributed by atoms with van der Waals surface area (Å²) in [7, 11) is 0. The second-order valence-corrected chi connectivity index (χ2v) is 7.09. The van der Waals surface area contributed by atoms with Crippen LogP contribution in [0.25, 0.3) is 10.8 Å². The van der Waals surface area contributed by atoms with Gasteiger partial charge in [0.15, 0.2) is 5.69 Å². The molecular formula is C20H28N4O2. The minimum Gasteiger partial charge on any atom is -0.346 e. The summed E-state index contributed by atoms with van der Waals surface area (Å²) in [6.07, 6.45) is 4.98. The van der Waals surface area contributed by atoms with E-state index in [0.717, 1.165) is 38.6 Å². The number of carbonyl (C=O) groups excluding carboxylic acids is 1. The van der Waals surface area contributed by atoms with Crippen molar-refractivity contribution in [3.63, 3.8) is 0 Å². The van der Waals surface area contributed by atoms with Crippen molar-refractivity contribution >= 4 is 16.7 Å². The van der Waals surface area contributed by atoms with Gasteiger partial charge in [0.1, 0.15) is 0 Å². The number of nitrogens with zero attached hydrogens (tertiary/aromatic N) is 2. The first-order valence-corrected chi connectivity index (χ1v) is 9.66. The topological polar surface area (TPSA) is 76.0 Å². The first kappa shape index (κ1) is 18.6. The molecule has 0 aliphatic carbocycles. The van der Waals surface area contributed by atoms with Gasteiger partial charge in [0.05, 0.1) is 5.39 Å². The fourth-order valence-electron chi connectivity index (χ4n) is 3.54. The summed E-state index contributed by atoms with van der Waals surface area (Å²) in [5.41, 5.74) is 0.218. The molecule has 0 radical (unpaired) electrons. The lowest BCUT2D eigenvalue weighted by Gasteiger charge is -2.30. The van der Waals surface area contributed by atoms with Crippen molar-refractivity contribution in [3.05, 3.63) is 40.3 Å². The molecule has 1 amide bonds. The maximum Gasteiger partial charge on any atom is 0.274 e. The number of aromatic nitrogens is 2. The molecule has 2 atom stereocenters. The molecule has 0 bridgehead atoms. The highest BCUT2D eigenvalue weighted by molar-refractivity contribution is 6.04. The Bertz CT molecular complexity index is 830. The Labute approximate surface area is 154 Å². The van der Waals surface area contributed by atoms with Crippen LogP contribution in [0.1, 0.15) is 56.4 Å². The van der Waals surface area contributed by atoms with E-state index in [1.54, 1.807) is 12.1 Å². The molecule has 26 heavy (non-hydrogen) atoms. The molecule has 2 heterocycles.